The Morgan fingerprint density at radius 2 is 1.88 bits per heavy atom. The molecule has 1 atom stereocenters. The van der Waals surface area contributed by atoms with Crippen LogP contribution in [0, 0.1) is 0 Å². The summed E-state index contributed by atoms with van der Waals surface area (Å²) in [6.07, 6.45) is 3.72. The van der Waals surface area contributed by atoms with Gasteiger partial charge in [0, 0.05) is 34.5 Å². The molecule has 0 aliphatic carbocycles. The number of halogens is 2. The third-order valence-corrected chi connectivity index (χ3v) is 6.28. The zero-order valence-corrected chi connectivity index (χ0v) is 19.9. The van der Waals surface area contributed by atoms with Gasteiger partial charge in [-0.2, -0.15) is 0 Å². The average Bonchev–Trinajstić information content (AvgIpc) is 3.27. The van der Waals surface area contributed by atoms with Gasteiger partial charge in [-0.3, -0.25) is 10.1 Å². The third-order valence-electron chi connectivity index (χ3n) is 5.51. The number of hydrogen-bond acceptors (Lipinski definition) is 4. The quantitative estimate of drug-likeness (QED) is 0.398. The molecule has 2 aromatic carbocycles. The minimum Gasteiger partial charge on any atom is -0.451 e. The van der Waals surface area contributed by atoms with E-state index in [9.17, 15) is 4.79 Å². The first-order chi connectivity index (χ1) is 15.4. The average molecular weight is 488 g/mol. The molecule has 3 aromatic rings. The highest BCUT2D eigenvalue weighted by atomic mass is 35.5. The molecule has 1 aliphatic rings. The van der Waals surface area contributed by atoms with Crippen molar-refractivity contribution in [1.29, 1.82) is 0 Å². The van der Waals surface area contributed by atoms with Gasteiger partial charge in [0.05, 0.1) is 5.02 Å². The molecule has 2 heterocycles. The van der Waals surface area contributed by atoms with E-state index in [0.29, 0.717) is 27.4 Å². The molecule has 8 heteroatoms. The van der Waals surface area contributed by atoms with Gasteiger partial charge in [-0.05, 0) is 93.0 Å². The van der Waals surface area contributed by atoms with Gasteiger partial charge in [0.2, 0.25) is 0 Å². The van der Waals surface area contributed by atoms with Crippen LogP contribution in [0.3, 0.4) is 0 Å². The summed E-state index contributed by atoms with van der Waals surface area (Å²) in [5, 5.41) is 6.87. The third kappa shape index (κ3) is 5.26. The van der Waals surface area contributed by atoms with Crippen LogP contribution in [0.2, 0.25) is 10.0 Å². The Kier molecular flexibility index (Phi) is 7.04. The van der Waals surface area contributed by atoms with Gasteiger partial charge in [0.1, 0.15) is 5.76 Å². The molecule has 2 N–H and O–H groups in total. The lowest BCUT2D eigenvalue weighted by Gasteiger charge is -2.35. The second kappa shape index (κ2) is 9.94. The Morgan fingerprint density at radius 3 is 2.62 bits per heavy atom. The molecule has 1 fully saturated rings. The number of furan rings is 1. The number of benzene rings is 2. The SMILES string of the molecule is CC1CCCCN1c1ccc(NC(=S)NC(=O)c2ccc(-c3cc(Cl)ccc3Cl)o2)cc1. The van der Waals surface area contributed by atoms with Gasteiger partial charge in [-0.25, -0.2) is 0 Å². The van der Waals surface area contributed by atoms with Crippen molar-refractivity contribution in [2.45, 2.75) is 32.2 Å². The first-order valence-corrected chi connectivity index (χ1v) is 11.6. The van der Waals surface area contributed by atoms with Crippen molar-refractivity contribution in [1.82, 2.24) is 5.32 Å². The van der Waals surface area contributed by atoms with Crippen molar-refractivity contribution in [2.24, 2.45) is 0 Å². The van der Waals surface area contributed by atoms with E-state index in [-0.39, 0.29) is 10.9 Å². The van der Waals surface area contributed by atoms with E-state index in [1.165, 1.54) is 24.9 Å². The van der Waals surface area contributed by atoms with Crippen molar-refractivity contribution in [3.05, 3.63) is 70.4 Å². The summed E-state index contributed by atoms with van der Waals surface area (Å²) in [5.41, 5.74) is 2.61. The van der Waals surface area contributed by atoms with E-state index in [1.807, 2.05) is 12.1 Å². The van der Waals surface area contributed by atoms with Gasteiger partial charge in [-0.15, -0.1) is 0 Å². The Morgan fingerprint density at radius 1 is 1.09 bits per heavy atom. The number of nitrogens with one attached hydrogen (secondary N) is 2. The van der Waals surface area contributed by atoms with E-state index in [2.05, 4.69) is 34.6 Å². The van der Waals surface area contributed by atoms with Gasteiger partial charge >= 0.3 is 0 Å². The molecule has 1 aromatic heterocycles. The fraction of sp³-hybridized carbons (Fsp3) is 0.250. The Hall–Kier alpha value is -2.54. The molecule has 5 nitrogen and oxygen atoms in total. The predicted octanol–water partition coefficient (Wildman–Crippen LogP) is 6.76. The summed E-state index contributed by atoms with van der Waals surface area (Å²) in [5.74, 6) is 0.115. The fourth-order valence-electron chi connectivity index (χ4n) is 3.84. The number of hydrogen-bond donors (Lipinski definition) is 2. The van der Waals surface area contributed by atoms with Crippen LogP contribution in [0.5, 0.6) is 0 Å². The molecule has 0 radical (unpaired) electrons. The fourth-order valence-corrected chi connectivity index (χ4v) is 4.43. The number of carbonyl (C=O) groups is 1. The molecule has 1 saturated heterocycles. The van der Waals surface area contributed by atoms with Crippen molar-refractivity contribution < 1.29 is 9.21 Å². The van der Waals surface area contributed by atoms with E-state index >= 15 is 0 Å². The number of piperidine rings is 1. The number of amides is 1. The molecule has 0 bridgehead atoms. The second-order valence-electron chi connectivity index (χ2n) is 7.78. The van der Waals surface area contributed by atoms with Gasteiger partial charge in [0.15, 0.2) is 10.9 Å². The summed E-state index contributed by atoms with van der Waals surface area (Å²) in [4.78, 5) is 15.0. The molecule has 166 valence electrons. The van der Waals surface area contributed by atoms with Crippen LogP contribution in [0.15, 0.2) is 59.0 Å². The van der Waals surface area contributed by atoms with Crippen LogP contribution in [0.25, 0.3) is 11.3 Å². The maximum absolute atomic E-state index is 12.5. The summed E-state index contributed by atoms with van der Waals surface area (Å²) >= 11 is 17.5. The smallest absolute Gasteiger partial charge is 0.293 e. The Bertz CT molecular complexity index is 1130. The first kappa shape index (κ1) is 22.6. The van der Waals surface area contributed by atoms with Crippen LogP contribution in [-0.2, 0) is 0 Å². The lowest BCUT2D eigenvalue weighted by atomic mass is 10.0. The minimum absolute atomic E-state index is 0.120. The number of thiocarbonyl (C=S) groups is 1. The van der Waals surface area contributed by atoms with E-state index < -0.39 is 5.91 Å². The largest absolute Gasteiger partial charge is 0.451 e. The Labute approximate surface area is 202 Å². The van der Waals surface area contributed by atoms with Crippen molar-refractivity contribution in [3.63, 3.8) is 0 Å². The zero-order chi connectivity index (χ0) is 22.7. The standard InChI is InChI=1S/C24H23Cl2N3O2S/c1-15-4-2-3-13-29(15)18-8-6-17(7-9-18)27-24(32)28-23(30)22-12-11-21(31-22)19-14-16(25)5-10-20(19)26/h5-12,14-15H,2-4,13H2,1H3,(H2,27,28,30,32). The molecule has 1 aliphatic heterocycles. The number of rotatable bonds is 4. The van der Waals surface area contributed by atoms with Crippen LogP contribution in [0.1, 0.15) is 36.7 Å². The van der Waals surface area contributed by atoms with Crippen LogP contribution in [0.4, 0.5) is 11.4 Å². The lowest BCUT2D eigenvalue weighted by Crippen LogP contribution is -2.37. The van der Waals surface area contributed by atoms with E-state index in [0.717, 1.165) is 12.2 Å². The summed E-state index contributed by atoms with van der Waals surface area (Å²) in [6, 6.07) is 16.9. The Balaban J connectivity index is 1.37. The lowest BCUT2D eigenvalue weighted by molar-refractivity contribution is 0.0951. The molecule has 4 rings (SSSR count). The zero-order valence-electron chi connectivity index (χ0n) is 17.5. The number of nitrogens with zero attached hydrogens (tertiary/aromatic N) is 1. The van der Waals surface area contributed by atoms with Crippen LogP contribution < -0.4 is 15.5 Å². The molecule has 32 heavy (non-hydrogen) atoms. The highest BCUT2D eigenvalue weighted by Crippen LogP contribution is 2.32. The van der Waals surface area contributed by atoms with E-state index in [1.54, 1.807) is 30.3 Å². The predicted molar refractivity (Wildman–Crippen MR) is 135 cm³/mol. The minimum atomic E-state index is -0.453. The number of anilines is 2. The van der Waals surface area contributed by atoms with Gasteiger partial charge in [0.25, 0.3) is 5.91 Å². The molecular weight excluding hydrogens is 465 g/mol. The van der Waals surface area contributed by atoms with Crippen LogP contribution >= 0.6 is 35.4 Å². The van der Waals surface area contributed by atoms with Gasteiger partial charge in [-0.1, -0.05) is 23.2 Å². The maximum Gasteiger partial charge on any atom is 0.293 e. The first-order valence-electron chi connectivity index (χ1n) is 10.4. The summed E-state index contributed by atoms with van der Waals surface area (Å²) in [7, 11) is 0. The molecule has 1 amide bonds. The normalized spacial score (nSPS) is 16.0. The molecule has 0 spiro atoms. The van der Waals surface area contributed by atoms with Crippen molar-refractivity contribution >= 4 is 57.8 Å². The van der Waals surface area contributed by atoms with Gasteiger partial charge < -0.3 is 14.6 Å². The van der Waals surface area contributed by atoms with Crippen molar-refractivity contribution in [3.8, 4) is 11.3 Å². The van der Waals surface area contributed by atoms with Crippen molar-refractivity contribution in [2.75, 3.05) is 16.8 Å². The molecule has 0 saturated carbocycles. The maximum atomic E-state index is 12.5. The molecular formula is C24H23Cl2N3O2S. The highest BCUT2D eigenvalue weighted by molar-refractivity contribution is 7.80. The monoisotopic (exact) mass is 487 g/mol. The summed E-state index contributed by atoms with van der Waals surface area (Å²) < 4.78 is 5.66. The number of carbonyl (C=O) groups excluding carboxylic acids is 1. The topological polar surface area (TPSA) is 57.5 Å². The molecule has 1 unspecified atom stereocenters. The second-order valence-corrected chi connectivity index (χ2v) is 9.03. The highest BCUT2D eigenvalue weighted by Gasteiger charge is 2.19. The van der Waals surface area contributed by atoms with E-state index in [4.69, 9.17) is 39.8 Å². The summed E-state index contributed by atoms with van der Waals surface area (Å²) in [6.45, 7) is 3.34. The van der Waals surface area contributed by atoms with Crippen LogP contribution in [-0.4, -0.2) is 23.6 Å².